The molecular formula is C30H39Cl2N3O3. The number of nitrogens with zero attached hydrogens (tertiary/aromatic N) is 2. The summed E-state index contributed by atoms with van der Waals surface area (Å²) >= 11 is 0. The molecule has 2 atom stereocenters. The van der Waals surface area contributed by atoms with E-state index in [0.29, 0.717) is 29.0 Å². The number of ether oxygens (including phenoxy) is 1. The van der Waals surface area contributed by atoms with Crippen LogP contribution in [0.1, 0.15) is 36.7 Å². The van der Waals surface area contributed by atoms with Crippen molar-refractivity contribution in [1.82, 2.24) is 10.2 Å². The lowest BCUT2D eigenvalue weighted by molar-refractivity contribution is 0.0903. The van der Waals surface area contributed by atoms with Crippen LogP contribution in [0.4, 0.5) is 5.69 Å². The zero-order valence-corrected chi connectivity index (χ0v) is 24.1. The number of halogens is 2. The number of phenolic OH excluding ortho intramolecular Hbond substituents is 1. The highest BCUT2D eigenvalue weighted by Gasteiger charge is 2.27. The highest BCUT2D eigenvalue weighted by Crippen LogP contribution is 2.25. The molecule has 6 nitrogen and oxygen atoms in total. The van der Waals surface area contributed by atoms with Crippen molar-refractivity contribution in [3.05, 3.63) is 83.9 Å². The molecular weight excluding hydrogens is 521 g/mol. The second-order valence-electron chi connectivity index (χ2n) is 10.1. The first-order chi connectivity index (χ1) is 17.3. The predicted octanol–water partition coefficient (Wildman–Crippen LogP) is 6.30. The molecule has 0 aromatic heterocycles. The van der Waals surface area contributed by atoms with Crippen LogP contribution < -0.4 is 15.0 Å². The van der Waals surface area contributed by atoms with Crippen molar-refractivity contribution in [2.24, 2.45) is 5.92 Å². The van der Waals surface area contributed by atoms with E-state index in [4.69, 9.17) is 4.74 Å². The van der Waals surface area contributed by atoms with Gasteiger partial charge in [0.2, 0.25) is 0 Å². The Morgan fingerprint density at radius 3 is 2.34 bits per heavy atom. The molecule has 1 amide bonds. The van der Waals surface area contributed by atoms with Crippen LogP contribution in [0.2, 0.25) is 0 Å². The van der Waals surface area contributed by atoms with Gasteiger partial charge in [0, 0.05) is 55.6 Å². The number of benzene rings is 3. The number of hydrogen-bond acceptors (Lipinski definition) is 5. The maximum Gasteiger partial charge on any atom is 0.251 e. The Balaban J connectivity index is 0.00000253. The molecule has 0 spiro atoms. The Morgan fingerprint density at radius 1 is 1.00 bits per heavy atom. The molecule has 206 valence electrons. The van der Waals surface area contributed by atoms with Gasteiger partial charge in [-0.05, 0) is 73.9 Å². The van der Waals surface area contributed by atoms with Crippen LogP contribution >= 0.6 is 24.8 Å². The molecule has 8 heteroatoms. The van der Waals surface area contributed by atoms with Crippen LogP contribution in [-0.2, 0) is 0 Å². The Morgan fingerprint density at radius 2 is 1.71 bits per heavy atom. The second-order valence-corrected chi connectivity index (χ2v) is 10.1. The first kappa shape index (κ1) is 31.3. The molecule has 1 saturated heterocycles. The summed E-state index contributed by atoms with van der Waals surface area (Å²) in [7, 11) is 0. The number of rotatable bonds is 8. The maximum atomic E-state index is 13.0. The number of phenols is 1. The smallest absolute Gasteiger partial charge is 0.251 e. The normalized spacial score (nSPS) is 16.2. The maximum absolute atomic E-state index is 13.0. The van der Waals surface area contributed by atoms with Gasteiger partial charge in [0.25, 0.3) is 5.91 Å². The molecule has 1 heterocycles. The van der Waals surface area contributed by atoms with Gasteiger partial charge in [-0.2, -0.15) is 0 Å². The average molecular weight is 561 g/mol. The monoisotopic (exact) mass is 559 g/mol. The number of aryl methyl sites for hydroxylation is 1. The van der Waals surface area contributed by atoms with E-state index < -0.39 is 0 Å². The van der Waals surface area contributed by atoms with Crippen LogP contribution in [0.5, 0.6) is 17.2 Å². The lowest BCUT2D eigenvalue weighted by atomic mass is 10.0. The van der Waals surface area contributed by atoms with E-state index in [1.807, 2.05) is 73.7 Å². The Hall–Kier alpha value is -2.93. The van der Waals surface area contributed by atoms with E-state index in [-0.39, 0.29) is 36.8 Å². The lowest BCUT2D eigenvalue weighted by Crippen LogP contribution is -2.56. The molecule has 1 fully saturated rings. The van der Waals surface area contributed by atoms with Gasteiger partial charge in [-0.15, -0.1) is 24.8 Å². The quantitative estimate of drug-likeness (QED) is 0.339. The topological polar surface area (TPSA) is 65.0 Å². The third-order valence-electron chi connectivity index (χ3n) is 6.79. The van der Waals surface area contributed by atoms with Crippen molar-refractivity contribution < 1.29 is 14.6 Å². The molecule has 1 aliphatic rings. The van der Waals surface area contributed by atoms with E-state index in [9.17, 15) is 9.90 Å². The number of carbonyl (C=O) groups excluding carboxylic acids is 1. The van der Waals surface area contributed by atoms with Gasteiger partial charge in [0.15, 0.2) is 0 Å². The van der Waals surface area contributed by atoms with Gasteiger partial charge < -0.3 is 20.1 Å². The molecule has 1 aliphatic heterocycles. The standard InChI is InChI=1S/C30H37N3O3.2ClH/c1-21(2)29(20-32-15-16-33(23(4)19-32)25-8-6-9-26(34)18-25)31-30(35)24-11-13-27(14-12-24)36-28-10-5-7-22(3)17-28;;/h5-14,17-18,21,23,29,34H,15-16,19-20H2,1-4H3,(H,31,35);2*1H/t23-,29?;;/m0../s1. The molecule has 2 N–H and O–H groups in total. The minimum absolute atomic E-state index is 0. The number of piperazine rings is 1. The van der Waals surface area contributed by atoms with Crippen molar-refractivity contribution >= 4 is 36.4 Å². The van der Waals surface area contributed by atoms with Crippen molar-refractivity contribution in [2.75, 3.05) is 31.1 Å². The number of nitrogens with one attached hydrogen (secondary N) is 1. The van der Waals surface area contributed by atoms with Gasteiger partial charge in [0.1, 0.15) is 17.2 Å². The van der Waals surface area contributed by atoms with Gasteiger partial charge in [0.05, 0.1) is 0 Å². The largest absolute Gasteiger partial charge is 0.508 e. The Bertz CT molecular complexity index is 1170. The first-order valence-corrected chi connectivity index (χ1v) is 12.7. The number of amides is 1. The number of carbonyl (C=O) groups is 1. The SMILES string of the molecule is Cc1cccc(Oc2ccc(C(=O)NC(CN3CCN(c4cccc(O)c4)[C@@H](C)C3)C(C)C)cc2)c1.Cl.Cl. The highest BCUT2D eigenvalue weighted by molar-refractivity contribution is 5.94. The molecule has 0 saturated carbocycles. The van der Waals surface area contributed by atoms with E-state index in [1.165, 1.54) is 0 Å². The summed E-state index contributed by atoms with van der Waals surface area (Å²) < 4.78 is 5.91. The minimum Gasteiger partial charge on any atom is -0.508 e. The van der Waals surface area contributed by atoms with E-state index in [2.05, 4.69) is 35.9 Å². The number of hydrogen-bond donors (Lipinski definition) is 2. The summed E-state index contributed by atoms with van der Waals surface area (Å²) in [6.45, 7) is 12.0. The van der Waals surface area contributed by atoms with Gasteiger partial charge in [-0.1, -0.05) is 32.0 Å². The van der Waals surface area contributed by atoms with Crippen molar-refractivity contribution in [1.29, 1.82) is 0 Å². The molecule has 0 radical (unpaired) electrons. The van der Waals surface area contributed by atoms with Crippen LogP contribution in [0.15, 0.2) is 72.8 Å². The molecule has 0 bridgehead atoms. The summed E-state index contributed by atoms with van der Waals surface area (Å²) in [6, 6.07) is 23.0. The van der Waals surface area contributed by atoms with Crippen LogP contribution in [-0.4, -0.2) is 54.2 Å². The molecule has 1 unspecified atom stereocenters. The first-order valence-electron chi connectivity index (χ1n) is 12.7. The number of anilines is 1. The van der Waals surface area contributed by atoms with Crippen LogP contribution in [0, 0.1) is 12.8 Å². The predicted molar refractivity (Wildman–Crippen MR) is 160 cm³/mol. The third kappa shape index (κ3) is 8.29. The van der Waals surface area contributed by atoms with Crippen molar-refractivity contribution in [3.8, 4) is 17.2 Å². The molecule has 4 rings (SSSR count). The van der Waals surface area contributed by atoms with Gasteiger partial charge in [-0.25, -0.2) is 0 Å². The molecule has 38 heavy (non-hydrogen) atoms. The highest BCUT2D eigenvalue weighted by atomic mass is 35.5. The van der Waals surface area contributed by atoms with E-state index >= 15 is 0 Å². The van der Waals surface area contributed by atoms with Crippen molar-refractivity contribution in [3.63, 3.8) is 0 Å². The van der Waals surface area contributed by atoms with Crippen molar-refractivity contribution in [2.45, 2.75) is 39.8 Å². The Labute approximate surface area is 238 Å². The summed E-state index contributed by atoms with van der Waals surface area (Å²) in [5, 5.41) is 13.1. The fourth-order valence-corrected chi connectivity index (χ4v) is 4.70. The molecule has 0 aliphatic carbocycles. The van der Waals surface area contributed by atoms with Gasteiger partial charge in [-0.3, -0.25) is 9.69 Å². The van der Waals surface area contributed by atoms with Gasteiger partial charge >= 0.3 is 0 Å². The summed E-state index contributed by atoms with van der Waals surface area (Å²) in [5.41, 5.74) is 2.81. The molecule has 3 aromatic carbocycles. The summed E-state index contributed by atoms with van der Waals surface area (Å²) in [5.74, 6) is 2.01. The zero-order chi connectivity index (χ0) is 25.7. The van der Waals surface area contributed by atoms with E-state index in [1.54, 1.807) is 6.07 Å². The fraction of sp³-hybridized carbons (Fsp3) is 0.367. The number of aromatic hydroxyl groups is 1. The zero-order valence-electron chi connectivity index (χ0n) is 22.5. The lowest BCUT2D eigenvalue weighted by Gasteiger charge is -2.42. The summed E-state index contributed by atoms with van der Waals surface area (Å²) in [4.78, 5) is 17.8. The minimum atomic E-state index is -0.0674. The third-order valence-corrected chi connectivity index (χ3v) is 6.79. The van der Waals surface area contributed by atoms with Crippen LogP contribution in [0.25, 0.3) is 0 Å². The fourth-order valence-electron chi connectivity index (χ4n) is 4.70. The van der Waals surface area contributed by atoms with E-state index in [0.717, 1.165) is 43.2 Å². The molecule has 3 aromatic rings. The Kier molecular flexibility index (Phi) is 11.8. The average Bonchev–Trinajstić information content (AvgIpc) is 2.84. The van der Waals surface area contributed by atoms with Crippen LogP contribution in [0.3, 0.4) is 0 Å². The second kappa shape index (κ2) is 14.3. The summed E-state index contributed by atoms with van der Waals surface area (Å²) in [6.07, 6.45) is 0.